The molecule has 0 bridgehead atoms. The first-order chi connectivity index (χ1) is 11.2. The third-order valence-corrected chi connectivity index (χ3v) is 3.52. The van der Waals surface area contributed by atoms with E-state index in [-0.39, 0.29) is 0 Å². The van der Waals surface area contributed by atoms with Crippen LogP contribution in [0.3, 0.4) is 0 Å². The Morgan fingerprint density at radius 3 is 3.00 bits per heavy atom. The number of amides is 1. The van der Waals surface area contributed by atoms with Crippen LogP contribution in [-0.2, 0) is 16.1 Å². The van der Waals surface area contributed by atoms with Crippen LogP contribution in [0.2, 0.25) is 0 Å². The average Bonchev–Trinajstić information content (AvgIpc) is 3.20. The molecule has 3 aromatic rings. The van der Waals surface area contributed by atoms with Gasteiger partial charge in [-0.3, -0.25) is 9.89 Å². The summed E-state index contributed by atoms with van der Waals surface area (Å²) in [4.78, 5) is 11.8. The molecule has 0 spiro atoms. The lowest BCUT2D eigenvalue weighted by molar-refractivity contribution is -0.118. The summed E-state index contributed by atoms with van der Waals surface area (Å²) in [5.74, 6) is -1.10. The highest BCUT2D eigenvalue weighted by Gasteiger charge is 2.24. The molecule has 0 fully saturated rings. The largest absolute Gasteiger partial charge is 0.380 e. The van der Waals surface area contributed by atoms with E-state index in [0.717, 1.165) is 11.3 Å². The van der Waals surface area contributed by atoms with Gasteiger partial charge in [0.05, 0.1) is 24.2 Å². The van der Waals surface area contributed by atoms with Crippen LogP contribution in [0.15, 0.2) is 48.9 Å². The van der Waals surface area contributed by atoms with Gasteiger partial charge in [0.15, 0.2) is 0 Å². The number of hydrogen-bond donors (Lipinski definition) is 2. The number of carbonyl (C=O) groups is 1. The fourth-order valence-corrected chi connectivity index (χ4v) is 2.50. The maximum atomic E-state index is 11.8. The molecule has 3 rings (SSSR count). The molecule has 2 aromatic heterocycles. The fourth-order valence-electron chi connectivity index (χ4n) is 2.50. The number of hydrogen-bond acceptors (Lipinski definition) is 4. The summed E-state index contributed by atoms with van der Waals surface area (Å²) in [5, 5.41) is 11.1. The quantitative estimate of drug-likeness (QED) is 0.718. The minimum absolute atomic E-state index is 0.468. The normalized spacial score (nSPS) is 12.2. The van der Waals surface area contributed by atoms with E-state index in [2.05, 4.69) is 15.3 Å². The van der Waals surface area contributed by atoms with Gasteiger partial charge >= 0.3 is 0 Å². The Hall–Kier alpha value is -2.93. The molecule has 1 atom stereocenters. The van der Waals surface area contributed by atoms with Gasteiger partial charge in [-0.2, -0.15) is 10.2 Å². The molecule has 118 valence electrons. The standard InChI is InChI=1S/C16H17N5O2/c1-23-10-11-3-2-4-13(7-11)21-9-12(8-19-21)15(16(17)22)14-5-6-18-20-14/h2-9,15H,10H2,1H3,(H2,17,22)(H,18,20). The van der Waals surface area contributed by atoms with E-state index in [1.165, 1.54) is 0 Å². The fraction of sp³-hybridized carbons (Fsp3) is 0.188. The molecule has 1 amide bonds. The zero-order valence-corrected chi connectivity index (χ0v) is 12.6. The maximum absolute atomic E-state index is 11.8. The second-order valence-electron chi connectivity index (χ2n) is 5.16. The molecule has 0 aliphatic heterocycles. The van der Waals surface area contributed by atoms with E-state index >= 15 is 0 Å². The molecule has 23 heavy (non-hydrogen) atoms. The third-order valence-electron chi connectivity index (χ3n) is 3.52. The number of nitrogens with zero attached hydrogens (tertiary/aromatic N) is 3. The van der Waals surface area contributed by atoms with Gasteiger partial charge in [0.2, 0.25) is 5.91 Å². The van der Waals surface area contributed by atoms with E-state index in [4.69, 9.17) is 10.5 Å². The number of aromatic amines is 1. The number of H-pyrrole nitrogens is 1. The summed E-state index contributed by atoms with van der Waals surface area (Å²) < 4.78 is 6.85. The van der Waals surface area contributed by atoms with Gasteiger partial charge in [0, 0.05) is 25.1 Å². The highest BCUT2D eigenvalue weighted by atomic mass is 16.5. The molecule has 0 saturated heterocycles. The van der Waals surface area contributed by atoms with Crippen molar-refractivity contribution < 1.29 is 9.53 Å². The molecule has 0 saturated carbocycles. The molecular formula is C16H17N5O2. The zero-order chi connectivity index (χ0) is 16.2. The summed E-state index contributed by atoms with van der Waals surface area (Å²) in [6.07, 6.45) is 5.08. The molecule has 1 aromatic carbocycles. The number of nitrogens with one attached hydrogen (secondary N) is 1. The number of rotatable bonds is 6. The van der Waals surface area contributed by atoms with E-state index < -0.39 is 11.8 Å². The maximum Gasteiger partial charge on any atom is 0.231 e. The van der Waals surface area contributed by atoms with Crippen LogP contribution in [0.25, 0.3) is 5.69 Å². The van der Waals surface area contributed by atoms with E-state index in [1.807, 2.05) is 24.3 Å². The van der Waals surface area contributed by atoms with E-state index in [9.17, 15) is 4.79 Å². The lowest BCUT2D eigenvalue weighted by Crippen LogP contribution is -2.22. The number of aromatic nitrogens is 4. The van der Waals surface area contributed by atoms with Crippen molar-refractivity contribution in [3.05, 3.63) is 65.7 Å². The molecule has 0 radical (unpaired) electrons. The summed E-state index contributed by atoms with van der Waals surface area (Å²) in [6.45, 7) is 0.527. The Morgan fingerprint density at radius 1 is 1.43 bits per heavy atom. The van der Waals surface area contributed by atoms with Crippen molar-refractivity contribution in [3.63, 3.8) is 0 Å². The number of nitrogens with two attached hydrogens (primary N) is 1. The van der Waals surface area contributed by atoms with Gasteiger partial charge in [0.1, 0.15) is 5.92 Å². The second kappa shape index (κ2) is 6.45. The Bertz CT molecular complexity index is 794. The van der Waals surface area contributed by atoms with Crippen LogP contribution < -0.4 is 5.73 Å². The minimum Gasteiger partial charge on any atom is -0.380 e. The highest BCUT2D eigenvalue weighted by molar-refractivity contribution is 5.84. The first-order valence-electron chi connectivity index (χ1n) is 7.11. The molecule has 7 heteroatoms. The SMILES string of the molecule is COCc1cccc(-n2cc(C(C(N)=O)c3cc[nH]n3)cn2)c1. The van der Waals surface area contributed by atoms with Gasteiger partial charge in [-0.15, -0.1) is 0 Å². The lowest BCUT2D eigenvalue weighted by atomic mass is 9.98. The average molecular weight is 311 g/mol. The number of ether oxygens (including phenoxy) is 1. The summed E-state index contributed by atoms with van der Waals surface area (Å²) >= 11 is 0. The van der Waals surface area contributed by atoms with Crippen molar-refractivity contribution in [2.75, 3.05) is 7.11 Å². The van der Waals surface area contributed by atoms with Crippen molar-refractivity contribution >= 4 is 5.91 Å². The van der Waals surface area contributed by atoms with Crippen molar-refractivity contribution in [2.45, 2.75) is 12.5 Å². The number of primary amides is 1. The smallest absolute Gasteiger partial charge is 0.231 e. The number of methoxy groups -OCH3 is 1. The van der Waals surface area contributed by atoms with E-state index in [0.29, 0.717) is 17.9 Å². The predicted octanol–water partition coefficient (Wildman–Crippen LogP) is 1.36. The van der Waals surface area contributed by atoms with Gasteiger partial charge < -0.3 is 10.5 Å². The van der Waals surface area contributed by atoms with Gasteiger partial charge in [-0.05, 0) is 23.8 Å². The molecule has 0 aliphatic rings. The monoisotopic (exact) mass is 311 g/mol. The zero-order valence-electron chi connectivity index (χ0n) is 12.6. The molecule has 3 N–H and O–H groups in total. The first-order valence-corrected chi connectivity index (χ1v) is 7.11. The van der Waals surface area contributed by atoms with Crippen LogP contribution in [0.5, 0.6) is 0 Å². The van der Waals surface area contributed by atoms with Crippen LogP contribution in [0.4, 0.5) is 0 Å². The molecule has 0 aliphatic carbocycles. The topological polar surface area (TPSA) is 98.8 Å². The lowest BCUT2D eigenvalue weighted by Gasteiger charge is -2.08. The Kier molecular flexibility index (Phi) is 4.20. The predicted molar refractivity (Wildman–Crippen MR) is 83.9 cm³/mol. The van der Waals surface area contributed by atoms with Crippen LogP contribution in [-0.4, -0.2) is 33.0 Å². The number of carbonyl (C=O) groups excluding carboxylic acids is 1. The van der Waals surface area contributed by atoms with Crippen LogP contribution in [0, 0.1) is 0 Å². The first kappa shape index (κ1) is 15.0. The van der Waals surface area contributed by atoms with Gasteiger partial charge in [-0.25, -0.2) is 4.68 Å². The van der Waals surface area contributed by atoms with Crippen molar-refractivity contribution in [1.82, 2.24) is 20.0 Å². The summed E-state index contributed by atoms with van der Waals surface area (Å²) in [7, 11) is 1.65. The van der Waals surface area contributed by atoms with E-state index in [1.54, 1.807) is 36.4 Å². The highest BCUT2D eigenvalue weighted by Crippen LogP contribution is 2.23. The second-order valence-corrected chi connectivity index (χ2v) is 5.16. The number of benzene rings is 1. The van der Waals surface area contributed by atoms with Crippen molar-refractivity contribution in [1.29, 1.82) is 0 Å². The Labute approximate surface area is 133 Å². The Balaban J connectivity index is 1.93. The third kappa shape index (κ3) is 3.14. The van der Waals surface area contributed by atoms with Crippen LogP contribution >= 0.6 is 0 Å². The summed E-state index contributed by atoms with van der Waals surface area (Å²) in [5.41, 5.74) is 8.72. The van der Waals surface area contributed by atoms with Gasteiger partial charge in [0.25, 0.3) is 0 Å². The van der Waals surface area contributed by atoms with Crippen LogP contribution in [0.1, 0.15) is 22.7 Å². The van der Waals surface area contributed by atoms with Crippen molar-refractivity contribution in [2.24, 2.45) is 5.73 Å². The minimum atomic E-state index is -0.628. The summed E-state index contributed by atoms with van der Waals surface area (Å²) in [6, 6.07) is 9.56. The molecule has 1 unspecified atom stereocenters. The molecule has 2 heterocycles. The molecule has 7 nitrogen and oxygen atoms in total. The van der Waals surface area contributed by atoms with Crippen molar-refractivity contribution in [3.8, 4) is 5.69 Å². The Morgan fingerprint density at radius 2 is 2.30 bits per heavy atom. The molecular weight excluding hydrogens is 294 g/mol. The van der Waals surface area contributed by atoms with Gasteiger partial charge in [-0.1, -0.05) is 12.1 Å².